The van der Waals surface area contributed by atoms with Gasteiger partial charge < -0.3 is 5.11 Å². The minimum atomic E-state index is 0.432. The van der Waals surface area contributed by atoms with E-state index in [0.717, 1.165) is 0 Å². The topological polar surface area (TPSA) is 20.2 Å². The summed E-state index contributed by atoms with van der Waals surface area (Å²) < 4.78 is 0. The molecule has 0 saturated carbocycles. The maximum absolute atomic E-state index is 9.46. The largest absolute Gasteiger partial charge is 0.508 e. The van der Waals surface area contributed by atoms with Crippen LogP contribution in [0.4, 0.5) is 0 Å². The highest BCUT2D eigenvalue weighted by Gasteiger charge is 2.28. The Labute approximate surface area is 79.4 Å². The molecule has 0 spiro atoms. The zero-order valence-electron chi connectivity index (χ0n) is 8.25. The van der Waals surface area contributed by atoms with Crippen molar-refractivity contribution in [1.29, 1.82) is 0 Å². The van der Waals surface area contributed by atoms with Crippen molar-refractivity contribution in [2.75, 3.05) is 0 Å². The first kappa shape index (κ1) is 8.61. The summed E-state index contributed by atoms with van der Waals surface area (Å²) >= 11 is 0. The molecule has 70 valence electrons. The Kier molecular flexibility index (Phi) is 2.03. The van der Waals surface area contributed by atoms with Crippen LogP contribution in [-0.4, -0.2) is 5.11 Å². The number of phenols is 1. The van der Waals surface area contributed by atoms with E-state index in [1.807, 2.05) is 12.1 Å². The van der Waals surface area contributed by atoms with Crippen LogP contribution in [0.5, 0.6) is 5.75 Å². The lowest BCUT2D eigenvalue weighted by atomic mass is 9.87. The molecule has 0 amide bonds. The van der Waals surface area contributed by atoms with Gasteiger partial charge in [0.25, 0.3) is 0 Å². The van der Waals surface area contributed by atoms with Gasteiger partial charge in [-0.25, -0.2) is 0 Å². The molecule has 0 fully saturated rings. The van der Waals surface area contributed by atoms with Gasteiger partial charge in [-0.15, -0.1) is 0 Å². The third kappa shape index (κ3) is 1.23. The number of aromatic hydroxyl groups is 1. The van der Waals surface area contributed by atoms with Crippen LogP contribution >= 0.6 is 0 Å². The van der Waals surface area contributed by atoms with Crippen molar-refractivity contribution < 1.29 is 5.11 Å². The maximum atomic E-state index is 9.46. The van der Waals surface area contributed by atoms with Crippen LogP contribution < -0.4 is 0 Å². The molecule has 1 aliphatic rings. The fraction of sp³-hybridized carbons (Fsp3) is 0.500. The fourth-order valence-electron chi connectivity index (χ4n) is 2.59. The number of benzene rings is 1. The molecule has 13 heavy (non-hydrogen) atoms. The predicted molar refractivity (Wildman–Crippen MR) is 54.2 cm³/mol. The van der Waals surface area contributed by atoms with Gasteiger partial charge in [0, 0.05) is 0 Å². The van der Waals surface area contributed by atoms with Gasteiger partial charge >= 0.3 is 0 Å². The van der Waals surface area contributed by atoms with Gasteiger partial charge in [-0.1, -0.05) is 19.9 Å². The highest BCUT2D eigenvalue weighted by molar-refractivity contribution is 5.44. The average Bonchev–Trinajstić information content (AvgIpc) is 2.36. The molecule has 1 aromatic carbocycles. The van der Waals surface area contributed by atoms with Crippen molar-refractivity contribution in [3.63, 3.8) is 0 Å². The summed E-state index contributed by atoms with van der Waals surface area (Å²) in [4.78, 5) is 0. The normalized spacial score (nSPS) is 25.1. The highest BCUT2D eigenvalue weighted by Crippen LogP contribution is 2.45. The Morgan fingerprint density at radius 3 is 1.85 bits per heavy atom. The maximum Gasteiger partial charge on any atom is 0.116 e. The van der Waals surface area contributed by atoms with E-state index in [1.54, 1.807) is 0 Å². The Hall–Kier alpha value is -0.980. The zero-order valence-corrected chi connectivity index (χ0v) is 8.25. The van der Waals surface area contributed by atoms with Crippen LogP contribution in [0.25, 0.3) is 0 Å². The van der Waals surface area contributed by atoms with E-state index in [1.165, 1.54) is 24.0 Å². The Bertz CT molecular complexity index is 289. The van der Waals surface area contributed by atoms with Crippen molar-refractivity contribution in [2.24, 2.45) is 0 Å². The summed E-state index contributed by atoms with van der Waals surface area (Å²) in [6, 6.07) is 6.06. The van der Waals surface area contributed by atoms with E-state index < -0.39 is 0 Å². The molecular weight excluding hydrogens is 160 g/mol. The molecule has 2 rings (SSSR count). The van der Waals surface area contributed by atoms with Crippen LogP contribution in [0.15, 0.2) is 18.2 Å². The van der Waals surface area contributed by atoms with Crippen molar-refractivity contribution in [2.45, 2.75) is 38.5 Å². The summed E-state index contributed by atoms with van der Waals surface area (Å²) in [7, 11) is 0. The number of phenolic OH excluding ortho intramolecular Hbond substituents is 1. The van der Waals surface area contributed by atoms with E-state index in [2.05, 4.69) is 19.9 Å². The smallest absolute Gasteiger partial charge is 0.116 e. The second-order valence-corrected chi connectivity index (χ2v) is 3.89. The Morgan fingerprint density at radius 1 is 1.00 bits per heavy atom. The van der Waals surface area contributed by atoms with E-state index in [9.17, 15) is 5.11 Å². The summed E-state index contributed by atoms with van der Waals surface area (Å²) in [5.41, 5.74) is 2.65. The second kappa shape index (κ2) is 3.06. The molecule has 0 heterocycles. The zero-order chi connectivity index (χ0) is 9.42. The lowest BCUT2D eigenvalue weighted by molar-refractivity contribution is 0.474. The van der Waals surface area contributed by atoms with Crippen molar-refractivity contribution in [3.8, 4) is 5.75 Å². The van der Waals surface area contributed by atoms with E-state index in [4.69, 9.17) is 0 Å². The van der Waals surface area contributed by atoms with Gasteiger partial charge in [0.2, 0.25) is 0 Å². The molecule has 1 aromatic rings. The van der Waals surface area contributed by atoms with Crippen LogP contribution in [0.2, 0.25) is 0 Å². The first-order chi connectivity index (χ1) is 6.26. The van der Waals surface area contributed by atoms with Gasteiger partial charge in [0.05, 0.1) is 0 Å². The number of rotatable bonds is 2. The van der Waals surface area contributed by atoms with Crippen LogP contribution in [0.3, 0.4) is 0 Å². The van der Waals surface area contributed by atoms with Crippen molar-refractivity contribution >= 4 is 0 Å². The van der Waals surface area contributed by atoms with Gasteiger partial charge in [0.15, 0.2) is 0 Å². The number of hydrogen-bond donors (Lipinski definition) is 1. The molecule has 0 saturated heterocycles. The van der Waals surface area contributed by atoms with Gasteiger partial charge in [-0.2, -0.15) is 0 Å². The summed E-state index contributed by atoms with van der Waals surface area (Å²) in [6.07, 6.45) is 2.34. The van der Waals surface area contributed by atoms with Crippen molar-refractivity contribution in [1.82, 2.24) is 0 Å². The summed E-state index contributed by atoms with van der Waals surface area (Å²) in [6.45, 7) is 4.45. The Balaban J connectivity index is 2.43. The standard InChI is InChI=1S/C12H16O/c1-3-11-8-5-9(12(11)4-2)7-10(13)6-8/h5-7,11-13H,3-4H2,1-2H3. The molecule has 1 aliphatic carbocycles. The molecular formula is C12H16O. The lowest BCUT2D eigenvalue weighted by Gasteiger charge is -2.17. The van der Waals surface area contributed by atoms with Gasteiger partial charge in [0.1, 0.15) is 5.75 Å². The number of fused-ring (bicyclic) bond motifs is 2. The predicted octanol–water partition coefficient (Wildman–Crippen LogP) is 3.39. The van der Waals surface area contributed by atoms with Crippen LogP contribution in [0.1, 0.15) is 49.7 Å². The summed E-state index contributed by atoms with van der Waals surface area (Å²) in [5.74, 6) is 1.71. The molecule has 0 aromatic heterocycles. The van der Waals surface area contributed by atoms with Crippen LogP contribution in [0, 0.1) is 0 Å². The van der Waals surface area contributed by atoms with Crippen LogP contribution in [-0.2, 0) is 0 Å². The second-order valence-electron chi connectivity index (χ2n) is 3.89. The molecule has 1 nitrogen and oxygen atoms in total. The van der Waals surface area contributed by atoms with Gasteiger partial charge in [-0.3, -0.25) is 0 Å². The minimum Gasteiger partial charge on any atom is -0.508 e. The minimum absolute atomic E-state index is 0.432. The molecule has 2 bridgehead atoms. The quantitative estimate of drug-likeness (QED) is 0.732. The molecule has 0 aliphatic heterocycles. The van der Waals surface area contributed by atoms with Crippen molar-refractivity contribution in [3.05, 3.63) is 29.3 Å². The van der Waals surface area contributed by atoms with E-state index >= 15 is 0 Å². The van der Waals surface area contributed by atoms with Gasteiger partial charge in [-0.05, 0) is 47.9 Å². The summed E-state index contributed by atoms with van der Waals surface area (Å²) in [5, 5.41) is 9.46. The number of hydrogen-bond acceptors (Lipinski definition) is 1. The van der Waals surface area contributed by atoms with E-state index in [0.29, 0.717) is 17.6 Å². The average molecular weight is 176 g/mol. The molecule has 0 radical (unpaired) electrons. The SMILES string of the molecule is CCC1c2cc(O)cc(c2)C1CC. The molecule has 2 unspecified atom stereocenters. The fourth-order valence-corrected chi connectivity index (χ4v) is 2.59. The first-order valence-corrected chi connectivity index (χ1v) is 5.10. The Morgan fingerprint density at radius 2 is 1.46 bits per heavy atom. The van der Waals surface area contributed by atoms with E-state index in [-0.39, 0.29) is 0 Å². The monoisotopic (exact) mass is 176 g/mol. The molecule has 1 N–H and O–H groups in total. The third-order valence-corrected chi connectivity index (χ3v) is 3.18. The highest BCUT2D eigenvalue weighted by atomic mass is 16.3. The first-order valence-electron chi connectivity index (χ1n) is 5.10. The molecule has 1 heteroatoms. The third-order valence-electron chi connectivity index (χ3n) is 3.18. The molecule has 2 atom stereocenters. The lowest BCUT2D eigenvalue weighted by Crippen LogP contribution is -2.01.